The van der Waals surface area contributed by atoms with Crippen LogP contribution in [0.4, 0.5) is 5.69 Å². The van der Waals surface area contributed by atoms with Gasteiger partial charge in [-0.2, -0.15) is 0 Å². The third-order valence-corrected chi connectivity index (χ3v) is 3.96. The highest BCUT2D eigenvalue weighted by molar-refractivity contribution is 5.86. The summed E-state index contributed by atoms with van der Waals surface area (Å²) in [6.45, 7) is 0.193. The maximum atomic E-state index is 11.8. The number of ether oxygens (including phenoxy) is 3. The van der Waals surface area contributed by atoms with Crippen LogP contribution in [0.5, 0.6) is 11.5 Å². The molecule has 1 heterocycles. The molecular formula is C17H21N3O8. The van der Waals surface area contributed by atoms with Crippen LogP contribution in [0.25, 0.3) is 0 Å². The lowest BCUT2D eigenvalue weighted by Crippen LogP contribution is -2.40. The largest absolute Gasteiger partial charge is 0.490 e. The van der Waals surface area contributed by atoms with Crippen LogP contribution in [0.15, 0.2) is 18.2 Å². The Morgan fingerprint density at radius 3 is 2.57 bits per heavy atom. The van der Waals surface area contributed by atoms with Gasteiger partial charge in [0.05, 0.1) is 18.6 Å². The fraction of sp³-hybridized carbons (Fsp3) is 0.471. The molecule has 2 rings (SSSR count). The maximum absolute atomic E-state index is 11.8. The van der Waals surface area contributed by atoms with Crippen LogP contribution < -0.4 is 14.8 Å². The quantitative estimate of drug-likeness (QED) is 0.357. The van der Waals surface area contributed by atoms with E-state index in [-0.39, 0.29) is 29.6 Å². The van der Waals surface area contributed by atoms with Crippen molar-refractivity contribution in [2.45, 2.75) is 12.8 Å². The van der Waals surface area contributed by atoms with E-state index in [0.29, 0.717) is 13.1 Å². The molecule has 152 valence electrons. The van der Waals surface area contributed by atoms with Gasteiger partial charge in [0.1, 0.15) is 5.75 Å². The Morgan fingerprint density at radius 1 is 1.21 bits per heavy atom. The molecule has 0 atom stereocenters. The lowest BCUT2D eigenvalue weighted by atomic mass is 10.3. The van der Waals surface area contributed by atoms with Crippen molar-refractivity contribution >= 4 is 23.5 Å². The first-order valence-electron chi connectivity index (χ1n) is 8.56. The summed E-state index contributed by atoms with van der Waals surface area (Å²) in [5, 5.41) is 13.2. The van der Waals surface area contributed by atoms with Crippen molar-refractivity contribution in [3.05, 3.63) is 28.3 Å². The van der Waals surface area contributed by atoms with Gasteiger partial charge >= 0.3 is 11.7 Å². The summed E-state index contributed by atoms with van der Waals surface area (Å²) in [4.78, 5) is 47.0. The number of nitrogens with one attached hydrogen (secondary N) is 1. The first kappa shape index (κ1) is 20.9. The molecule has 0 bridgehead atoms. The summed E-state index contributed by atoms with van der Waals surface area (Å²) in [5.41, 5.74) is -0.238. The van der Waals surface area contributed by atoms with Gasteiger partial charge in [0.2, 0.25) is 11.7 Å². The van der Waals surface area contributed by atoms with Crippen LogP contribution in [-0.4, -0.2) is 67.6 Å². The molecule has 0 saturated carbocycles. The summed E-state index contributed by atoms with van der Waals surface area (Å²) in [6, 6.07) is 3.76. The van der Waals surface area contributed by atoms with Crippen molar-refractivity contribution in [2.24, 2.45) is 0 Å². The van der Waals surface area contributed by atoms with E-state index >= 15 is 0 Å². The predicted molar refractivity (Wildman–Crippen MR) is 94.9 cm³/mol. The van der Waals surface area contributed by atoms with E-state index in [9.17, 15) is 24.5 Å². The van der Waals surface area contributed by atoms with Crippen LogP contribution in [-0.2, 0) is 19.1 Å². The van der Waals surface area contributed by atoms with Crippen molar-refractivity contribution in [3.63, 3.8) is 0 Å². The molecule has 1 aromatic carbocycles. The summed E-state index contributed by atoms with van der Waals surface area (Å²) in [6.07, 6.45) is 1.91. The molecule has 1 N–H and O–H groups in total. The zero-order chi connectivity index (χ0) is 20.5. The number of likely N-dealkylation sites (tertiary alicyclic amines) is 1. The van der Waals surface area contributed by atoms with Gasteiger partial charge in [0.15, 0.2) is 13.2 Å². The first-order chi connectivity index (χ1) is 13.4. The van der Waals surface area contributed by atoms with Gasteiger partial charge in [-0.25, -0.2) is 4.79 Å². The zero-order valence-electron chi connectivity index (χ0n) is 15.3. The van der Waals surface area contributed by atoms with Gasteiger partial charge in [0.25, 0.3) is 5.91 Å². The van der Waals surface area contributed by atoms with Crippen molar-refractivity contribution in [1.29, 1.82) is 0 Å². The van der Waals surface area contributed by atoms with E-state index in [1.807, 2.05) is 0 Å². The molecule has 0 radical (unpaired) electrons. The third kappa shape index (κ3) is 6.11. The average Bonchev–Trinajstić information content (AvgIpc) is 3.23. The van der Waals surface area contributed by atoms with E-state index < -0.39 is 30.0 Å². The van der Waals surface area contributed by atoms with Crippen LogP contribution >= 0.6 is 0 Å². The highest BCUT2D eigenvalue weighted by atomic mass is 16.6. The Balaban J connectivity index is 1.70. The summed E-state index contributed by atoms with van der Waals surface area (Å²) in [7, 11) is 1.27. The van der Waals surface area contributed by atoms with Crippen LogP contribution in [0, 0.1) is 10.1 Å². The van der Waals surface area contributed by atoms with Gasteiger partial charge in [-0.05, 0) is 18.9 Å². The molecule has 0 spiro atoms. The highest BCUT2D eigenvalue weighted by Gasteiger charge is 2.19. The van der Waals surface area contributed by atoms with Crippen molar-refractivity contribution in [2.75, 3.05) is 40.0 Å². The number of hydrogen-bond donors (Lipinski definition) is 1. The maximum Gasteiger partial charge on any atom is 0.344 e. The molecule has 11 heteroatoms. The molecule has 11 nitrogen and oxygen atoms in total. The number of carbonyl (C=O) groups excluding carboxylic acids is 3. The van der Waals surface area contributed by atoms with Crippen molar-refractivity contribution < 1.29 is 33.5 Å². The van der Waals surface area contributed by atoms with Crippen LogP contribution in [0.2, 0.25) is 0 Å². The lowest BCUT2D eigenvalue weighted by molar-refractivity contribution is -0.385. The van der Waals surface area contributed by atoms with E-state index in [2.05, 4.69) is 5.32 Å². The summed E-state index contributed by atoms with van der Waals surface area (Å²) in [5.74, 6) is -1.43. The van der Waals surface area contributed by atoms with Gasteiger partial charge in [-0.15, -0.1) is 0 Å². The Hall–Kier alpha value is -3.37. The highest BCUT2D eigenvalue weighted by Crippen LogP contribution is 2.30. The van der Waals surface area contributed by atoms with E-state index in [0.717, 1.165) is 12.8 Å². The van der Waals surface area contributed by atoms with Gasteiger partial charge in [0, 0.05) is 25.2 Å². The molecule has 1 aliphatic rings. The van der Waals surface area contributed by atoms with Gasteiger partial charge in [-0.1, -0.05) is 0 Å². The number of nitro groups is 1. The first-order valence-corrected chi connectivity index (χ1v) is 8.56. The number of nitrogens with zero attached hydrogens (tertiary/aromatic N) is 2. The summed E-state index contributed by atoms with van der Waals surface area (Å²) >= 11 is 0. The predicted octanol–water partition coefficient (Wildman–Crippen LogP) is 0.264. The molecule has 0 aromatic heterocycles. The van der Waals surface area contributed by atoms with E-state index in [1.165, 1.54) is 25.3 Å². The smallest absolute Gasteiger partial charge is 0.344 e. The van der Waals surface area contributed by atoms with E-state index in [4.69, 9.17) is 14.2 Å². The molecular weight excluding hydrogens is 374 g/mol. The topological polar surface area (TPSA) is 137 Å². The number of esters is 1. The summed E-state index contributed by atoms with van der Waals surface area (Å²) < 4.78 is 14.8. The second kappa shape index (κ2) is 10.1. The normalized spacial score (nSPS) is 13.0. The Labute approximate surface area is 160 Å². The molecule has 1 fully saturated rings. The number of benzene rings is 1. The fourth-order valence-electron chi connectivity index (χ4n) is 2.53. The Bertz CT molecular complexity index is 746. The third-order valence-electron chi connectivity index (χ3n) is 3.96. The van der Waals surface area contributed by atoms with Gasteiger partial charge in [-0.3, -0.25) is 19.7 Å². The molecule has 1 aromatic rings. The molecule has 1 aliphatic heterocycles. The number of rotatable bonds is 9. The SMILES string of the molecule is COc1cc(OCC(=O)OCC(=O)NCC(=O)N2CCCC2)ccc1[N+](=O)[O-]. The number of carbonyl (C=O) groups is 3. The van der Waals surface area contributed by atoms with Crippen LogP contribution in [0.1, 0.15) is 12.8 Å². The minimum atomic E-state index is -0.807. The second-order valence-corrected chi connectivity index (χ2v) is 5.90. The van der Waals surface area contributed by atoms with E-state index in [1.54, 1.807) is 4.90 Å². The van der Waals surface area contributed by atoms with Crippen LogP contribution in [0.3, 0.4) is 0 Å². The minimum Gasteiger partial charge on any atom is -0.490 e. The van der Waals surface area contributed by atoms with Crippen molar-refractivity contribution in [1.82, 2.24) is 10.2 Å². The number of methoxy groups -OCH3 is 1. The molecule has 28 heavy (non-hydrogen) atoms. The molecule has 2 amide bonds. The zero-order valence-corrected chi connectivity index (χ0v) is 15.3. The average molecular weight is 395 g/mol. The molecule has 1 saturated heterocycles. The monoisotopic (exact) mass is 395 g/mol. The second-order valence-electron chi connectivity index (χ2n) is 5.90. The number of amides is 2. The number of hydrogen-bond acceptors (Lipinski definition) is 8. The Kier molecular flexibility index (Phi) is 7.55. The molecule has 0 aliphatic carbocycles. The fourth-order valence-corrected chi connectivity index (χ4v) is 2.53. The Morgan fingerprint density at radius 2 is 1.93 bits per heavy atom. The number of nitro benzene ring substituents is 1. The minimum absolute atomic E-state index is 0.0158. The standard InChI is InChI=1S/C17H21N3O8/c1-26-14-8-12(4-5-13(14)20(24)25)27-11-17(23)28-10-15(21)18-9-16(22)19-6-2-3-7-19/h4-5,8H,2-3,6-7,9-11H2,1H3,(H,18,21). The van der Waals surface area contributed by atoms with Gasteiger partial charge < -0.3 is 24.4 Å². The van der Waals surface area contributed by atoms with Crippen molar-refractivity contribution in [3.8, 4) is 11.5 Å². The molecule has 0 unspecified atom stereocenters. The lowest BCUT2D eigenvalue weighted by Gasteiger charge is -2.15.